The van der Waals surface area contributed by atoms with Crippen molar-refractivity contribution in [1.29, 1.82) is 0 Å². The molecule has 0 aliphatic heterocycles. The van der Waals surface area contributed by atoms with Crippen LogP contribution >= 0.6 is 0 Å². The van der Waals surface area contributed by atoms with Crippen LogP contribution in [-0.2, 0) is 19.6 Å². The fraction of sp³-hybridized carbons (Fsp3) is 0.312. The number of nitrogens with zero attached hydrogens (tertiary/aromatic N) is 2. The highest BCUT2D eigenvalue weighted by molar-refractivity contribution is 7.89. The molecule has 0 saturated carbocycles. The van der Waals surface area contributed by atoms with Crippen molar-refractivity contribution in [3.63, 3.8) is 0 Å². The normalized spacial score (nSPS) is 12.7. The van der Waals surface area contributed by atoms with Gasteiger partial charge in [-0.05, 0) is 32.0 Å². The van der Waals surface area contributed by atoms with Crippen LogP contribution < -0.4 is 5.32 Å². The minimum absolute atomic E-state index is 0.0184. The molecule has 1 aromatic carbocycles. The average Bonchev–Trinajstić information content (AvgIpc) is 2.99. The van der Waals surface area contributed by atoms with Crippen molar-refractivity contribution in [3.05, 3.63) is 41.7 Å². The lowest BCUT2D eigenvalue weighted by molar-refractivity contribution is -0.123. The molecule has 0 bridgehead atoms. The number of hydrogen-bond donors (Lipinski definition) is 1. The second kappa shape index (κ2) is 7.67. The molecular formula is C16H19N3O6S. The fourth-order valence-corrected chi connectivity index (χ4v) is 2.88. The Labute approximate surface area is 151 Å². The van der Waals surface area contributed by atoms with Crippen LogP contribution in [0.5, 0.6) is 0 Å². The van der Waals surface area contributed by atoms with Gasteiger partial charge in [0.15, 0.2) is 11.9 Å². The first-order chi connectivity index (χ1) is 12.1. The van der Waals surface area contributed by atoms with E-state index >= 15 is 0 Å². The van der Waals surface area contributed by atoms with Crippen molar-refractivity contribution in [2.45, 2.75) is 24.8 Å². The number of benzene rings is 1. The van der Waals surface area contributed by atoms with Crippen LogP contribution in [0.1, 0.15) is 23.0 Å². The van der Waals surface area contributed by atoms with Crippen LogP contribution in [0.2, 0.25) is 0 Å². The number of ether oxygens (including phenoxy) is 1. The van der Waals surface area contributed by atoms with Crippen LogP contribution in [-0.4, -0.2) is 50.0 Å². The minimum atomic E-state index is -3.69. The molecule has 2 aromatic rings. The number of anilines is 1. The van der Waals surface area contributed by atoms with Crippen LogP contribution in [0.25, 0.3) is 0 Å². The largest absolute Gasteiger partial charge is 0.449 e. The molecule has 0 unspecified atom stereocenters. The predicted octanol–water partition coefficient (Wildman–Crippen LogP) is 1.42. The van der Waals surface area contributed by atoms with Crippen molar-refractivity contribution in [2.24, 2.45) is 0 Å². The first-order valence-electron chi connectivity index (χ1n) is 7.59. The number of carbonyl (C=O) groups is 2. The molecule has 0 aliphatic carbocycles. The van der Waals surface area contributed by atoms with E-state index in [1.54, 1.807) is 6.92 Å². The van der Waals surface area contributed by atoms with Gasteiger partial charge < -0.3 is 14.6 Å². The summed E-state index contributed by atoms with van der Waals surface area (Å²) in [6, 6.07) is 6.92. The molecule has 0 saturated heterocycles. The number of esters is 1. The molecule has 1 atom stereocenters. The van der Waals surface area contributed by atoms with E-state index in [-0.39, 0.29) is 16.3 Å². The van der Waals surface area contributed by atoms with Gasteiger partial charge >= 0.3 is 5.97 Å². The molecule has 0 aliphatic rings. The lowest BCUT2D eigenvalue weighted by Gasteiger charge is -2.14. The average molecular weight is 381 g/mol. The number of aromatic nitrogens is 1. The Morgan fingerprint density at radius 1 is 1.27 bits per heavy atom. The van der Waals surface area contributed by atoms with Gasteiger partial charge in [-0.3, -0.25) is 4.79 Å². The molecule has 1 aromatic heterocycles. The fourth-order valence-electron chi connectivity index (χ4n) is 1.93. The summed E-state index contributed by atoms with van der Waals surface area (Å²) in [5, 5.41) is 6.06. The highest BCUT2D eigenvalue weighted by Crippen LogP contribution is 2.16. The van der Waals surface area contributed by atoms with E-state index in [9.17, 15) is 18.0 Å². The number of aryl methyl sites for hydroxylation is 1. The Balaban J connectivity index is 2.08. The zero-order chi connectivity index (χ0) is 19.5. The van der Waals surface area contributed by atoms with Crippen molar-refractivity contribution >= 4 is 27.7 Å². The van der Waals surface area contributed by atoms with Gasteiger partial charge in [-0.1, -0.05) is 11.2 Å². The van der Waals surface area contributed by atoms with Crippen LogP contribution in [0.4, 0.5) is 5.82 Å². The number of sulfonamides is 1. The van der Waals surface area contributed by atoms with E-state index in [0.717, 1.165) is 4.31 Å². The molecule has 26 heavy (non-hydrogen) atoms. The van der Waals surface area contributed by atoms with Gasteiger partial charge in [0, 0.05) is 20.2 Å². The SMILES string of the molecule is Cc1cc(NC(=O)[C@H](C)OC(=O)c2cccc(S(=O)(=O)N(C)C)c2)no1. The van der Waals surface area contributed by atoms with E-state index in [1.807, 2.05) is 0 Å². The molecular weight excluding hydrogens is 362 g/mol. The van der Waals surface area contributed by atoms with Crippen LogP contribution in [0.3, 0.4) is 0 Å². The van der Waals surface area contributed by atoms with Crippen molar-refractivity contribution in [2.75, 3.05) is 19.4 Å². The number of rotatable bonds is 6. The molecule has 9 nitrogen and oxygen atoms in total. The van der Waals surface area contributed by atoms with Crippen molar-refractivity contribution < 1.29 is 27.3 Å². The molecule has 1 amide bonds. The maximum atomic E-state index is 12.2. The number of hydrogen-bond acceptors (Lipinski definition) is 7. The van der Waals surface area contributed by atoms with E-state index in [4.69, 9.17) is 9.26 Å². The van der Waals surface area contributed by atoms with Gasteiger partial charge in [-0.25, -0.2) is 17.5 Å². The van der Waals surface area contributed by atoms with Crippen molar-refractivity contribution in [1.82, 2.24) is 9.46 Å². The van der Waals surface area contributed by atoms with E-state index in [1.165, 1.54) is 51.4 Å². The highest BCUT2D eigenvalue weighted by Gasteiger charge is 2.22. The standard InChI is InChI=1S/C16H19N3O6S/c1-10-8-14(18-25-10)17-15(20)11(2)24-16(21)12-6-5-7-13(9-12)26(22,23)19(3)4/h5-9,11H,1-4H3,(H,17,18,20)/t11-/m0/s1. The molecule has 2 rings (SSSR count). The second-order valence-electron chi connectivity index (χ2n) is 5.67. The second-order valence-corrected chi connectivity index (χ2v) is 7.83. The maximum Gasteiger partial charge on any atom is 0.338 e. The topological polar surface area (TPSA) is 119 Å². The van der Waals surface area contributed by atoms with Gasteiger partial charge in [0.25, 0.3) is 5.91 Å². The summed E-state index contributed by atoms with van der Waals surface area (Å²) in [5.74, 6) is -0.693. The van der Waals surface area contributed by atoms with E-state index < -0.39 is 28.0 Å². The van der Waals surface area contributed by atoms with Crippen molar-refractivity contribution in [3.8, 4) is 0 Å². The summed E-state index contributed by atoms with van der Waals surface area (Å²) in [6.07, 6.45) is -1.12. The first kappa shape index (κ1) is 19.6. The summed E-state index contributed by atoms with van der Waals surface area (Å²) in [7, 11) is -0.914. The lowest BCUT2D eigenvalue weighted by atomic mass is 10.2. The summed E-state index contributed by atoms with van der Waals surface area (Å²) in [4.78, 5) is 24.2. The zero-order valence-electron chi connectivity index (χ0n) is 14.7. The predicted molar refractivity (Wildman–Crippen MR) is 92.1 cm³/mol. The summed E-state index contributed by atoms with van der Waals surface area (Å²) < 4.78 is 35.2. The first-order valence-corrected chi connectivity index (χ1v) is 9.03. The third kappa shape index (κ3) is 4.46. The summed E-state index contributed by atoms with van der Waals surface area (Å²) in [6.45, 7) is 3.06. The Kier molecular flexibility index (Phi) is 5.78. The Morgan fingerprint density at radius 3 is 2.54 bits per heavy atom. The summed E-state index contributed by atoms with van der Waals surface area (Å²) in [5.41, 5.74) is 0.0184. The van der Waals surface area contributed by atoms with Gasteiger partial charge in [-0.15, -0.1) is 0 Å². The number of nitrogens with one attached hydrogen (secondary N) is 1. The van der Waals surface area contributed by atoms with Gasteiger partial charge in [0.1, 0.15) is 5.76 Å². The Morgan fingerprint density at radius 2 is 1.96 bits per heavy atom. The molecule has 1 heterocycles. The molecule has 0 fully saturated rings. The molecule has 0 spiro atoms. The quantitative estimate of drug-likeness (QED) is 0.752. The summed E-state index contributed by atoms with van der Waals surface area (Å²) >= 11 is 0. The van der Waals surface area contributed by atoms with E-state index in [2.05, 4.69) is 10.5 Å². The maximum absolute atomic E-state index is 12.2. The Bertz CT molecular complexity index is 920. The zero-order valence-corrected chi connectivity index (χ0v) is 15.5. The van der Waals surface area contributed by atoms with Gasteiger partial charge in [0.2, 0.25) is 10.0 Å². The monoisotopic (exact) mass is 381 g/mol. The number of amides is 1. The Hall–Kier alpha value is -2.72. The molecule has 1 N–H and O–H groups in total. The highest BCUT2D eigenvalue weighted by atomic mass is 32.2. The van der Waals surface area contributed by atoms with Gasteiger partial charge in [-0.2, -0.15) is 0 Å². The minimum Gasteiger partial charge on any atom is -0.449 e. The molecule has 0 radical (unpaired) electrons. The third-order valence-corrected chi connectivity index (χ3v) is 5.19. The van der Waals surface area contributed by atoms with E-state index in [0.29, 0.717) is 5.76 Å². The smallest absolute Gasteiger partial charge is 0.338 e. The van der Waals surface area contributed by atoms with Gasteiger partial charge in [0.05, 0.1) is 10.5 Å². The molecule has 10 heteroatoms. The molecule has 140 valence electrons. The van der Waals surface area contributed by atoms with Crippen LogP contribution in [0, 0.1) is 6.92 Å². The number of carbonyl (C=O) groups excluding carboxylic acids is 2. The third-order valence-electron chi connectivity index (χ3n) is 3.38. The lowest BCUT2D eigenvalue weighted by Crippen LogP contribution is -2.30. The van der Waals surface area contributed by atoms with Crippen LogP contribution in [0.15, 0.2) is 39.8 Å².